The van der Waals surface area contributed by atoms with Gasteiger partial charge in [-0.15, -0.1) is 11.3 Å². The number of carbonyl (C=O) groups is 1. The van der Waals surface area contributed by atoms with Crippen molar-refractivity contribution in [2.45, 2.75) is 25.5 Å². The predicted molar refractivity (Wildman–Crippen MR) is 94.9 cm³/mol. The molecule has 0 unspecified atom stereocenters. The fourth-order valence-corrected chi connectivity index (χ4v) is 3.45. The maximum atomic E-state index is 12.1. The lowest BCUT2D eigenvalue weighted by Gasteiger charge is -2.32. The predicted octanol–water partition coefficient (Wildman–Crippen LogP) is 2.09. The topological polar surface area (TPSA) is 54.5 Å². The number of benzene rings is 1. The van der Waals surface area contributed by atoms with Crippen molar-refractivity contribution < 1.29 is 9.53 Å². The summed E-state index contributed by atoms with van der Waals surface area (Å²) in [5, 5.41) is 4.97. The standard InChI is InChI=1S/C18H23N3O2S/c22-18(19-7-6-16-13-24-14-20-16)10-17-12-21(8-9-23-17)11-15-4-2-1-3-5-15/h1-5,13-14,17H,6-12H2,(H,19,22)/t17-/m0/s1. The maximum absolute atomic E-state index is 12.1. The number of morpholine rings is 1. The van der Waals surface area contributed by atoms with E-state index in [4.69, 9.17) is 4.74 Å². The van der Waals surface area contributed by atoms with Crippen molar-refractivity contribution in [1.29, 1.82) is 0 Å². The van der Waals surface area contributed by atoms with E-state index in [0.717, 1.165) is 31.7 Å². The van der Waals surface area contributed by atoms with Gasteiger partial charge in [0, 0.05) is 38.0 Å². The fourth-order valence-electron chi connectivity index (χ4n) is 2.86. The van der Waals surface area contributed by atoms with E-state index in [9.17, 15) is 4.79 Å². The highest BCUT2D eigenvalue weighted by Crippen LogP contribution is 2.12. The van der Waals surface area contributed by atoms with Crippen LogP contribution in [0.2, 0.25) is 0 Å². The second-order valence-corrected chi connectivity index (χ2v) is 6.72. The summed E-state index contributed by atoms with van der Waals surface area (Å²) in [6.45, 7) is 3.93. The summed E-state index contributed by atoms with van der Waals surface area (Å²) in [7, 11) is 0. The van der Waals surface area contributed by atoms with Gasteiger partial charge >= 0.3 is 0 Å². The number of hydrogen-bond acceptors (Lipinski definition) is 5. The van der Waals surface area contributed by atoms with Gasteiger partial charge in [0.05, 0.1) is 30.3 Å². The third kappa shape index (κ3) is 5.40. The Labute approximate surface area is 146 Å². The number of amides is 1. The van der Waals surface area contributed by atoms with Gasteiger partial charge in [0.15, 0.2) is 0 Å². The van der Waals surface area contributed by atoms with E-state index in [1.54, 1.807) is 11.3 Å². The third-order valence-corrected chi connectivity index (χ3v) is 4.71. The van der Waals surface area contributed by atoms with Crippen LogP contribution in [0.15, 0.2) is 41.2 Å². The molecule has 0 saturated carbocycles. The Morgan fingerprint density at radius 3 is 3.04 bits per heavy atom. The number of thiazole rings is 1. The molecule has 5 nitrogen and oxygen atoms in total. The van der Waals surface area contributed by atoms with E-state index < -0.39 is 0 Å². The Hall–Kier alpha value is -1.76. The molecule has 1 aliphatic rings. The Morgan fingerprint density at radius 2 is 2.25 bits per heavy atom. The Bertz CT molecular complexity index is 618. The first kappa shape index (κ1) is 17.1. The second-order valence-electron chi connectivity index (χ2n) is 6.00. The molecule has 1 aliphatic heterocycles. The van der Waals surface area contributed by atoms with Crippen LogP contribution in [0.5, 0.6) is 0 Å². The summed E-state index contributed by atoms with van der Waals surface area (Å²) in [6, 6.07) is 10.4. The largest absolute Gasteiger partial charge is 0.375 e. The van der Waals surface area contributed by atoms with E-state index >= 15 is 0 Å². The van der Waals surface area contributed by atoms with Crippen LogP contribution in [-0.2, 0) is 22.5 Å². The molecule has 128 valence electrons. The molecule has 0 spiro atoms. The minimum Gasteiger partial charge on any atom is -0.375 e. The monoisotopic (exact) mass is 345 g/mol. The number of carbonyl (C=O) groups excluding carboxylic acids is 1. The molecule has 1 saturated heterocycles. The Morgan fingerprint density at radius 1 is 1.38 bits per heavy atom. The molecule has 1 fully saturated rings. The van der Waals surface area contributed by atoms with Crippen LogP contribution in [0.1, 0.15) is 17.7 Å². The zero-order valence-electron chi connectivity index (χ0n) is 13.7. The van der Waals surface area contributed by atoms with Gasteiger partial charge in [0.2, 0.25) is 5.91 Å². The first-order valence-electron chi connectivity index (χ1n) is 8.31. The minimum absolute atomic E-state index is 0.0262. The lowest BCUT2D eigenvalue weighted by Crippen LogP contribution is -2.44. The Kier molecular flexibility index (Phi) is 6.34. The van der Waals surface area contributed by atoms with Crippen molar-refractivity contribution in [3.8, 4) is 0 Å². The summed E-state index contributed by atoms with van der Waals surface area (Å²) < 4.78 is 5.76. The number of ether oxygens (including phenoxy) is 1. The molecule has 0 bridgehead atoms. The molecule has 1 aromatic carbocycles. The molecule has 2 heterocycles. The molecule has 1 N–H and O–H groups in total. The highest BCUT2D eigenvalue weighted by Gasteiger charge is 2.22. The van der Waals surface area contributed by atoms with Crippen LogP contribution in [0, 0.1) is 0 Å². The highest BCUT2D eigenvalue weighted by atomic mass is 32.1. The van der Waals surface area contributed by atoms with Crippen molar-refractivity contribution in [2.24, 2.45) is 0 Å². The lowest BCUT2D eigenvalue weighted by molar-refractivity contribution is -0.126. The average Bonchev–Trinajstić information content (AvgIpc) is 3.09. The molecule has 2 aromatic rings. The second kappa shape index (κ2) is 8.92. The molecular weight excluding hydrogens is 322 g/mol. The van der Waals surface area contributed by atoms with Gasteiger partial charge < -0.3 is 10.1 Å². The summed E-state index contributed by atoms with van der Waals surface area (Å²) in [6.07, 6.45) is 1.17. The van der Waals surface area contributed by atoms with Gasteiger partial charge in [0.1, 0.15) is 0 Å². The molecule has 6 heteroatoms. The van der Waals surface area contributed by atoms with Gasteiger partial charge in [-0.25, -0.2) is 4.98 Å². The maximum Gasteiger partial charge on any atom is 0.222 e. The van der Waals surface area contributed by atoms with Crippen molar-refractivity contribution in [2.75, 3.05) is 26.2 Å². The van der Waals surface area contributed by atoms with E-state index in [1.165, 1.54) is 5.56 Å². The summed E-state index contributed by atoms with van der Waals surface area (Å²) in [4.78, 5) is 18.6. The molecule has 1 amide bonds. The van der Waals surface area contributed by atoms with Crippen molar-refractivity contribution in [1.82, 2.24) is 15.2 Å². The number of hydrogen-bond donors (Lipinski definition) is 1. The molecule has 1 atom stereocenters. The molecule has 24 heavy (non-hydrogen) atoms. The molecule has 0 aliphatic carbocycles. The fraction of sp³-hybridized carbons (Fsp3) is 0.444. The van der Waals surface area contributed by atoms with E-state index in [2.05, 4.69) is 39.5 Å². The van der Waals surface area contributed by atoms with Crippen molar-refractivity contribution >= 4 is 17.2 Å². The molecule has 1 aromatic heterocycles. The van der Waals surface area contributed by atoms with Crippen LogP contribution >= 0.6 is 11.3 Å². The first-order valence-corrected chi connectivity index (χ1v) is 9.25. The van der Waals surface area contributed by atoms with Crippen LogP contribution in [0.4, 0.5) is 0 Å². The first-order chi connectivity index (χ1) is 11.8. The number of nitrogens with zero attached hydrogens (tertiary/aromatic N) is 2. The van der Waals surface area contributed by atoms with Crippen LogP contribution in [-0.4, -0.2) is 48.1 Å². The van der Waals surface area contributed by atoms with Crippen molar-refractivity contribution in [3.63, 3.8) is 0 Å². The van der Waals surface area contributed by atoms with E-state index in [0.29, 0.717) is 19.6 Å². The van der Waals surface area contributed by atoms with Crippen LogP contribution < -0.4 is 5.32 Å². The zero-order chi connectivity index (χ0) is 16.6. The van der Waals surface area contributed by atoms with E-state index in [1.807, 2.05) is 17.0 Å². The van der Waals surface area contributed by atoms with Crippen LogP contribution in [0.25, 0.3) is 0 Å². The highest BCUT2D eigenvalue weighted by molar-refractivity contribution is 7.07. The van der Waals surface area contributed by atoms with Gasteiger partial charge in [-0.1, -0.05) is 30.3 Å². The Balaban J connectivity index is 1.39. The smallest absolute Gasteiger partial charge is 0.222 e. The van der Waals surface area contributed by atoms with Gasteiger partial charge in [0.25, 0.3) is 0 Å². The minimum atomic E-state index is -0.0262. The van der Waals surface area contributed by atoms with Crippen LogP contribution in [0.3, 0.4) is 0 Å². The average molecular weight is 345 g/mol. The number of aromatic nitrogens is 1. The molecular formula is C18H23N3O2S. The molecule has 3 rings (SSSR count). The zero-order valence-corrected chi connectivity index (χ0v) is 14.5. The summed E-state index contributed by atoms with van der Waals surface area (Å²) >= 11 is 1.58. The van der Waals surface area contributed by atoms with Gasteiger partial charge in [-0.05, 0) is 5.56 Å². The third-order valence-electron chi connectivity index (χ3n) is 4.07. The number of nitrogens with one attached hydrogen (secondary N) is 1. The van der Waals surface area contributed by atoms with Crippen molar-refractivity contribution in [3.05, 3.63) is 52.5 Å². The SMILES string of the molecule is O=C(C[C@H]1CN(Cc2ccccc2)CCO1)NCCc1cscn1. The van der Waals surface area contributed by atoms with Gasteiger partial charge in [-0.2, -0.15) is 0 Å². The number of rotatable bonds is 7. The van der Waals surface area contributed by atoms with E-state index in [-0.39, 0.29) is 12.0 Å². The van der Waals surface area contributed by atoms with Gasteiger partial charge in [-0.3, -0.25) is 9.69 Å². The normalized spacial score (nSPS) is 18.4. The molecule has 0 radical (unpaired) electrons. The summed E-state index contributed by atoms with van der Waals surface area (Å²) in [5.41, 5.74) is 4.14. The quantitative estimate of drug-likeness (QED) is 0.835. The lowest BCUT2D eigenvalue weighted by atomic mass is 10.1. The summed E-state index contributed by atoms with van der Waals surface area (Å²) in [5.74, 6) is 0.0526.